The first-order valence-electron chi connectivity index (χ1n) is 10.1. The van der Waals surface area contributed by atoms with Gasteiger partial charge in [0.25, 0.3) is 0 Å². The molecule has 0 bridgehead atoms. The largest absolute Gasteiger partial charge is 0.369 e. The van der Waals surface area contributed by atoms with Gasteiger partial charge in [-0.1, -0.05) is 11.8 Å². The van der Waals surface area contributed by atoms with Gasteiger partial charge in [0.15, 0.2) is 4.34 Å². The molecule has 2 heterocycles. The molecule has 1 aromatic heterocycles. The molecule has 0 radical (unpaired) electrons. The van der Waals surface area contributed by atoms with E-state index in [4.69, 9.17) is 5.73 Å². The molecule has 1 saturated heterocycles. The van der Waals surface area contributed by atoms with Gasteiger partial charge in [-0.3, -0.25) is 19.2 Å². The van der Waals surface area contributed by atoms with Crippen LogP contribution in [0.5, 0.6) is 0 Å². The minimum absolute atomic E-state index is 0.0183. The number of hydrogen-bond donors (Lipinski definition) is 3. The number of rotatable bonds is 8. The van der Waals surface area contributed by atoms with Gasteiger partial charge in [-0.2, -0.15) is 0 Å². The van der Waals surface area contributed by atoms with Crippen LogP contribution in [0.1, 0.15) is 25.5 Å². The number of hydrogen-bond acceptors (Lipinski definition) is 7. The molecular weight excluding hydrogens is 450 g/mol. The molecule has 11 heteroatoms. The van der Waals surface area contributed by atoms with E-state index in [1.54, 1.807) is 29.2 Å². The lowest BCUT2D eigenvalue weighted by atomic mass is 9.96. The molecule has 0 atom stereocenters. The molecule has 1 aliphatic heterocycles. The number of thiazole rings is 1. The second-order valence-electron chi connectivity index (χ2n) is 7.43. The number of piperidine rings is 1. The van der Waals surface area contributed by atoms with Crippen LogP contribution in [0.2, 0.25) is 0 Å². The van der Waals surface area contributed by atoms with Crippen LogP contribution in [0.15, 0.2) is 34.0 Å². The van der Waals surface area contributed by atoms with Gasteiger partial charge in [0.1, 0.15) is 0 Å². The van der Waals surface area contributed by atoms with E-state index < -0.39 is 0 Å². The van der Waals surface area contributed by atoms with Gasteiger partial charge in [0, 0.05) is 42.7 Å². The highest BCUT2D eigenvalue weighted by atomic mass is 32.2. The SMILES string of the molecule is CC(=O)Nc1ccc(NC(=O)CSc2nc(CC(=O)N3CCC(C(N)=O)CC3)cs2)cc1. The van der Waals surface area contributed by atoms with Crippen LogP contribution >= 0.6 is 23.1 Å². The maximum Gasteiger partial charge on any atom is 0.234 e. The Labute approximate surface area is 194 Å². The van der Waals surface area contributed by atoms with E-state index in [0.717, 1.165) is 4.34 Å². The molecule has 9 nitrogen and oxygen atoms in total. The molecule has 4 amide bonds. The van der Waals surface area contributed by atoms with Crippen molar-refractivity contribution < 1.29 is 19.2 Å². The lowest BCUT2D eigenvalue weighted by molar-refractivity contribution is -0.134. The van der Waals surface area contributed by atoms with Crippen LogP contribution in [-0.2, 0) is 25.6 Å². The molecule has 4 N–H and O–H groups in total. The molecule has 3 rings (SSSR count). The van der Waals surface area contributed by atoms with E-state index in [9.17, 15) is 19.2 Å². The van der Waals surface area contributed by atoms with Gasteiger partial charge < -0.3 is 21.3 Å². The number of carbonyl (C=O) groups is 4. The van der Waals surface area contributed by atoms with Gasteiger partial charge >= 0.3 is 0 Å². The number of primary amides is 1. The Morgan fingerprint density at radius 2 is 1.75 bits per heavy atom. The summed E-state index contributed by atoms with van der Waals surface area (Å²) in [6.45, 7) is 2.50. The maximum atomic E-state index is 12.5. The van der Waals surface area contributed by atoms with E-state index in [2.05, 4.69) is 15.6 Å². The van der Waals surface area contributed by atoms with Gasteiger partial charge in [-0.05, 0) is 37.1 Å². The van der Waals surface area contributed by atoms with Gasteiger partial charge in [-0.25, -0.2) is 4.98 Å². The summed E-state index contributed by atoms with van der Waals surface area (Å²) in [5.41, 5.74) is 7.30. The van der Waals surface area contributed by atoms with Gasteiger partial charge in [0.2, 0.25) is 23.6 Å². The first-order valence-corrected chi connectivity index (χ1v) is 12.0. The Balaban J connectivity index is 1.42. The van der Waals surface area contributed by atoms with Crippen LogP contribution in [0, 0.1) is 5.92 Å². The molecule has 0 spiro atoms. The van der Waals surface area contributed by atoms with E-state index in [0.29, 0.717) is 43.0 Å². The first kappa shape index (κ1) is 23.7. The number of nitrogens with one attached hydrogen (secondary N) is 2. The zero-order chi connectivity index (χ0) is 23.1. The number of anilines is 2. The summed E-state index contributed by atoms with van der Waals surface area (Å²) in [6.07, 6.45) is 1.40. The number of likely N-dealkylation sites (tertiary alicyclic amines) is 1. The van der Waals surface area contributed by atoms with Gasteiger partial charge in [0.05, 0.1) is 17.9 Å². The van der Waals surface area contributed by atoms with Crippen molar-refractivity contribution in [1.82, 2.24) is 9.88 Å². The first-order chi connectivity index (χ1) is 15.3. The van der Waals surface area contributed by atoms with Crippen molar-refractivity contribution >= 4 is 58.1 Å². The Bertz CT molecular complexity index is 984. The van der Waals surface area contributed by atoms with Crippen molar-refractivity contribution in [3.05, 3.63) is 35.3 Å². The number of thioether (sulfide) groups is 1. The molecule has 1 fully saturated rings. The van der Waals surface area contributed by atoms with Crippen LogP contribution in [-0.4, -0.2) is 52.4 Å². The Morgan fingerprint density at radius 1 is 1.12 bits per heavy atom. The van der Waals surface area contributed by atoms with E-state index >= 15 is 0 Å². The third-order valence-corrected chi connectivity index (χ3v) is 7.00. The summed E-state index contributed by atoms with van der Waals surface area (Å²) in [5.74, 6) is -0.612. The molecule has 2 aromatic rings. The molecule has 170 valence electrons. The maximum absolute atomic E-state index is 12.5. The fourth-order valence-corrected chi connectivity index (χ4v) is 4.93. The fraction of sp³-hybridized carbons (Fsp3) is 0.381. The normalized spacial score (nSPS) is 14.1. The zero-order valence-corrected chi connectivity index (χ0v) is 19.3. The Kier molecular flexibility index (Phi) is 8.23. The molecule has 0 aliphatic carbocycles. The van der Waals surface area contributed by atoms with E-state index in [1.165, 1.54) is 30.0 Å². The molecule has 32 heavy (non-hydrogen) atoms. The number of amides is 4. The van der Waals surface area contributed by atoms with Crippen molar-refractivity contribution in [2.45, 2.75) is 30.5 Å². The number of carbonyl (C=O) groups excluding carboxylic acids is 4. The second kappa shape index (κ2) is 11.1. The molecule has 1 aliphatic rings. The standard InChI is InChI=1S/C21H25N5O4S2/c1-13(27)23-15-2-4-16(5-3-15)24-18(28)12-32-21-25-17(11-31-21)10-19(29)26-8-6-14(7-9-26)20(22)30/h2-5,11,14H,6-10,12H2,1H3,(H2,22,30)(H,23,27)(H,24,28). The average molecular weight is 476 g/mol. The summed E-state index contributed by atoms with van der Waals surface area (Å²) in [6, 6.07) is 6.86. The summed E-state index contributed by atoms with van der Waals surface area (Å²) >= 11 is 2.71. The van der Waals surface area contributed by atoms with Gasteiger partial charge in [-0.15, -0.1) is 11.3 Å². The lowest BCUT2D eigenvalue weighted by Gasteiger charge is -2.30. The van der Waals surface area contributed by atoms with Crippen molar-refractivity contribution in [3.8, 4) is 0 Å². The Morgan fingerprint density at radius 3 is 2.34 bits per heavy atom. The fourth-order valence-electron chi connectivity index (χ4n) is 3.28. The van der Waals surface area contributed by atoms with Crippen LogP contribution in [0.4, 0.5) is 11.4 Å². The third-order valence-electron chi connectivity index (χ3n) is 4.93. The summed E-state index contributed by atoms with van der Waals surface area (Å²) in [4.78, 5) is 53.2. The minimum Gasteiger partial charge on any atom is -0.369 e. The minimum atomic E-state index is -0.302. The summed E-state index contributed by atoms with van der Waals surface area (Å²) in [7, 11) is 0. The van der Waals surface area contributed by atoms with Crippen LogP contribution in [0.3, 0.4) is 0 Å². The van der Waals surface area contributed by atoms with E-state index in [1.807, 2.05) is 5.38 Å². The third kappa shape index (κ3) is 7.06. The molecular formula is C21H25N5O4S2. The number of nitrogens with two attached hydrogens (primary N) is 1. The van der Waals surface area contributed by atoms with E-state index in [-0.39, 0.29) is 41.7 Å². The monoisotopic (exact) mass is 475 g/mol. The highest BCUT2D eigenvalue weighted by Gasteiger charge is 2.26. The topological polar surface area (TPSA) is 134 Å². The Hall–Kier alpha value is -2.92. The number of aromatic nitrogens is 1. The second-order valence-corrected chi connectivity index (χ2v) is 9.51. The predicted octanol–water partition coefficient (Wildman–Crippen LogP) is 2.10. The lowest BCUT2D eigenvalue weighted by Crippen LogP contribution is -2.42. The number of nitrogens with zero attached hydrogens (tertiary/aromatic N) is 2. The molecule has 0 unspecified atom stereocenters. The average Bonchev–Trinajstić information content (AvgIpc) is 3.20. The molecule has 0 saturated carbocycles. The smallest absolute Gasteiger partial charge is 0.234 e. The quantitative estimate of drug-likeness (QED) is 0.501. The van der Waals surface area contributed by atoms with Crippen molar-refractivity contribution in [2.75, 3.05) is 29.5 Å². The van der Waals surface area contributed by atoms with Crippen LogP contribution < -0.4 is 16.4 Å². The van der Waals surface area contributed by atoms with Crippen molar-refractivity contribution in [3.63, 3.8) is 0 Å². The zero-order valence-electron chi connectivity index (χ0n) is 17.6. The van der Waals surface area contributed by atoms with Crippen LogP contribution in [0.25, 0.3) is 0 Å². The highest BCUT2D eigenvalue weighted by molar-refractivity contribution is 8.01. The molecule has 1 aromatic carbocycles. The highest BCUT2D eigenvalue weighted by Crippen LogP contribution is 2.24. The van der Waals surface area contributed by atoms with Crippen molar-refractivity contribution in [1.29, 1.82) is 0 Å². The number of benzene rings is 1. The van der Waals surface area contributed by atoms with Crippen molar-refractivity contribution in [2.24, 2.45) is 11.7 Å². The summed E-state index contributed by atoms with van der Waals surface area (Å²) in [5, 5.41) is 7.29. The predicted molar refractivity (Wildman–Crippen MR) is 124 cm³/mol. The summed E-state index contributed by atoms with van der Waals surface area (Å²) < 4.78 is 0.719.